The summed E-state index contributed by atoms with van der Waals surface area (Å²) in [6, 6.07) is 5.87. The number of hydrogen-bond donors (Lipinski definition) is 1. The van der Waals surface area contributed by atoms with Crippen molar-refractivity contribution in [3.05, 3.63) is 61.7 Å². The zero-order valence-corrected chi connectivity index (χ0v) is 14.7. The molecule has 0 aliphatic carbocycles. The number of rotatable bonds is 9. The third-order valence-corrected chi connectivity index (χ3v) is 4.07. The Bertz CT molecular complexity index is 825. The highest BCUT2D eigenvalue weighted by atomic mass is 16.6. The van der Waals surface area contributed by atoms with Crippen LogP contribution in [0.15, 0.2) is 45.6 Å². The lowest BCUT2D eigenvalue weighted by molar-refractivity contribution is -0.384. The van der Waals surface area contributed by atoms with Crippen LogP contribution in [0.5, 0.6) is 0 Å². The number of carboxylic acid groups (broad SMARTS) is 1. The van der Waals surface area contributed by atoms with Gasteiger partial charge in [-0.05, 0) is 30.9 Å². The van der Waals surface area contributed by atoms with Crippen LogP contribution in [0.1, 0.15) is 31.2 Å². The highest BCUT2D eigenvalue weighted by Gasteiger charge is 2.30. The standard InChI is InChI=1S/C17H19N5O5/c1-11-9-14(12-3-5-13(6-4-12)22(25)26)16(17(23)24)15(20-11)10-27-8-2-7-19-21-18/h3-6,14H,2,7-10H2,1H3,(H,23,24). The van der Waals surface area contributed by atoms with E-state index in [1.165, 1.54) is 12.1 Å². The summed E-state index contributed by atoms with van der Waals surface area (Å²) in [6.07, 6.45) is 0.939. The molecule has 0 saturated carbocycles. The van der Waals surface area contributed by atoms with Crippen LogP contribution in [0.4, 0.5) is 5.69 Å². The minimum Gasteiger partial charge on any atom is -0.478 e. The topological polar surface area (TPSA) is 151 Å². The number of hydrogen-bond acceptors (Lipinski definition) is 6. The van der Waals surface area contributed by atoms with Crippen LogP contribution < -0.4 is 0 Å². The van der Waals surface area contributed by atoms with E-state index in [9.17, 15) is 20.0 Å². The Morgan fingerprint density at radius 1 is 1.48 bits per heavy atom. The zero-order chi connectivity index (χ0) is 19.8. The van der Waals surface area contributed by atoms with E-state index < -0.39 is 16.8 Å². The number of nitrogens with zero attached hydrogens (tertiary/aromatic N) is 5. The number of aliphatic carboxylic acids is 1. The van der Waals surface area contributed by atoms with Gasteiger partial charge in [-0.15, -0.1) is 0 Å². The van der Waals surface area contributed by atoms with Gasteiger partial charge in [-0.3, -0.25) is 15.1 Å². The van der Waals surface area contributed by atoms with Crippen LogP contribution in [-0.4, -0.2) is 41.5 Å². The summed E-state index contributed by atoms with van der Waals surface area (Å²) in [5.74, 6) is -1.55. The normalized spacial score (nSPS) is 16.5. The Kier molecular flexibility index (Phi) is 7.04. The lowest BCUT2D eigenvalue weighted by Crippen LogP contribution is -2.22. The van der Waals surface area contributed by atoms with Gasteiger partial charge in [-0.2, -0.15) is 0 Å². The predicted octanol–water partition coefficient (Wildman–Crippen LogP) is 3.60. The molecule has 1 aromatic carbocycles. The highest BCUT2D eigenvalue weighted by molar-refractivity contribution is 5.95. The molecule has 0 aromatic heterocycles. The highest BCUT2D eigenvalue weighted by Crippen LogP contribution is 2.35. The summed E-state index contributed by atoms with van der Waals surface area (Å²) in [5.41, 5.74) is 10.1. The van der Waals surface area contributed by atoms with Crippen molar-refractivity contribution in [1.29, 1.82) is 0 Å². The third-order valence-electron chi connectivity index (χ3n) is 4.07. The Hall–Kier alpha value is -3.23. The average molecular weight is 373 g/mol. The number of nitro groups is 1. The van der Waals surface area contributed by atoms with Crippen LogP contribution >= 0.6 is 0 Å². The van der Waals surface area contributed by atoms with Gasteiger partial charge in [0.1, 0.15) is 0 Å². The molecule has 0 amide bonds. The average Bonchev–Trinajstić information content (AvgIpc) is 2.63. The van der Waals surface area contributed by atoms with E-state index >= 15 is 0 Å². The first-order valence-electron chi connectivity index (χ1n) is 8.27. The molecule has 0 bridgehead atoms. The van der Waals surface area contributed by atoms with Gasteiger partial charge in [0.2, 0.25) is 0 Å². The molecule has 27 heavy (non-hydrogen) atoms. The molecule has 1 N–H and O–H groups in total. The number of azide groups is 1. The quantitative estimate of drug-likeness (QED) is 0.175. The molecule has 0 fully saturated rings. The molecule has 142 valence electrons. The largest absolute Gasteiger partial charge is 0.478 e. The monoisotopic (exact) mass is 373 g/mol. The van der Waals surface area contributed by atoms with E-state index in [4.69, 9.17) is 10.3 Å². The first kappa shape index (κ1) is 20.1. The summed E-state index contributed by atoms with van der Waals surface area (Å²) >= 11 is 0. The molecule has 1 atom stereocenters. The number of aliphatic imine (C=N–C) groups is 1. The molecular formula is C17H19N5O5. The van der Waals surface area contributed by atoms with E-state index in [0.29, 0.717) is 37.3 Å². The molecule has 10 nitrogen and oxygen atoms in total. The van der Waals surface area contributed by atoms with E-state index in [0.717, 1.165) is 5.71 Å². The van der Waals surface area contributed by atoms with Gasteiger partial charge in [0.25, 0.3) is 5.69 Å². The zero-order valence-electron chi connectivity index (χ0n) is 14.7. The van der Waals surface area contributed by atoms with Crippen molar-refractivity contribution in [1.82, 2.24) is 0 Å². The Labute approximate surface area is 155 Å². The fourth-order valence-electron chi connectivity index (χ4n) is 2.88. The maximum atomic E-state index is 11.9. The second-order valence-corrected chi connectivity index (χ2v) is 5.98. The van der Waals surface area contributed by atoms with Crippen molar-refractivity contribution >= 4 is 17.4 Å². The van der Waals surface area contributed by atoms with Gasteiger partial charge in [0.05, 0.1) is 22.8 Å². The molecule has 10 heteroatoms. The van der Waals surface area contributed by atoms with Gasteiger partial charge in [0.15, 0.2) is 0 Å². The lowest BCUT2D eigenvalue weighted by Gasteiger charge is -2.24. The van der Waals surface area contributed by atoms with Gasteiger partial charge >= 0.3 is 5.97 Å². The molecule has 0 spiro atoms. The molecule has 1 aromatic rings. The second kappa shape index (κ2) is 9.46. The van der Waals surface area contributed by atoms with Crippen LogP contribution in [0, 0.1) is 10.1 Å². The number of benzene rings is 1. The summed E-state index contributed by atoms with van der Waals surface area (Å²) in [5, 5.41) is 23.9. The van der Waals surface area contributed by atoms with Crippen LogP contribution in [-0.2, 0) is 9.53 Å². The second-order valence-electron chi connectivity index (χ2n) is 5.98. The van der Waals surface area contributed by atoms with Crippen LogP contribution in [0.3, 0.4) is 0 Å². The predicted molar refractivity (Wildman–Crippen MR) is 97.7 cm³/mol. The Balaban J connectivity index is 2.22. The van der Waals surface area contributed by atoms with Crippen molar-refractivity contribution in [2.75, 3.05) is 19.8 Å². The van der Waals surface area contributed by atoms with Crippen molar-refractivity contribution in [2.45, 2.75) is 25.7 Å². The SMILES string of the molecule is CC1=NC(COCCCN=[N+]=[N-])=C(C(=O)O)C(c2ccc([N+](=O)[O-])cc2)C1. The minimum absolute atomic E-state index is 0.0265. The van der Waals surface area contributed by atoms with Crippen molar-refractivity contribution < 1.29 is 19.6 Å². The van der Waals surface area contributed by atoms with Gasteiger partial charge in [-0.1, -0.05) is 17.2 Å². The summed E-state index contributed by atoms with van der Waals surface area (Å²) < 4.78 is 5.48. The molecule has 0 radical (unpaired) electrons. The number of carbonyl (C=O) groups is 1. The summed E-state index contributed by atoms with van der Waals surface area (Å²) in [4.78, 5) is 29.2. The maximum absolute atomic E-state index is 11.9. The van der Waals surface area contributed by atoms with Crippen LogP contribution in [0.25, 0.3) is 10.4 Å². The van der Waals surface area contributed by atoms with E-state index in [-0.39, 0.29) is 17.9 Å². The molecule has 0 saturated heterocycles. The number of carboxylic acids is 1. The number of ether oxygens (including phenoxy) is 1. The first-order valence-corrected chi connectivity index (χ1v) is 8.27. The molecule has 1 unspecified atom stereocenters. The van der Waals surface area contributed by atoms with Crippen molar-refractivity contribution in [2.24, 2.45) is 10.1 Å². The van der Waals surface area contributed by atoms with Crippen molar-refractivity contribution in [3.8, 4) is 0 Å². The lowest BCUT2D eigenvalue weighted by atomic mass is 9.83. The summed E-state index contributed by atoms with van der Waals surface area (Å²) in [6.45, 7) is 2.44. The number of nitro benzene ring substituents is 1. The van der Waals surface area contributed by atoms with Gasteiger partial charge in [-0.25, -0.2) is 4.79 Å². The third kappa shape index (κ3) is 5.37. The first-order chi connectivity index (χ1) is 12.9. The molecule has 1 aliphatic rings. The smallest absolute Gasteiger partial charge is 0.334 e. The minimum atomic E-state index is -1.10. The Morgan fingerprint density at radius 3 is 2.78 bits per heavy atom. The fourth-order valence-corrected chi connectivity index (χ4v) is 2.88. The Morgan fingerprint density at radius 2 is 2.19 bits per heavy atom. The van der Waals surface area contributed by atoms with Crippen LogP contribution in [0.2, 0.25) is 0 Å². The van der Waals surface area contributed by atoms with E-state index in [2.05, 4.69) is 15.0 Å². The molecule has 1 heterocycles. The molecule has 1 aliphatic heterocycles. The molecule has 2 rings (SSSR count). The van der Waals surface area contributed by atoms with E-state index in [1.54, 1.807) is 19.1 Å². The molecular weight excluding hydrogens is 354 g/mol. The van der Waals surface area contributed by atoms with Gasteiger partial charge < -0.3 is 9.84 Å². The maximum Gasteiger partial charge on any atom is 0.334 e. The van der Waals surface area contributed by atoms with Crippen molar-refractivity contribution in [3.63, 3.8) is 0 Å². The van der Waals surface area contributed by atoms with E-state index in [1.807, 2.05) is 0 Å². The fraction of sp³-hybridized carbons (Fsp3) is 0.412. The van der Waals surface area contributed by atoms with Gasteiger partial charge in [0, 0.05) is 41.8 Å². The number of non-ortho nitro benzene ring substituents is 1. The summed E-state index contributed by atoms with van der Waals surface area (Å²) in [7, 11) is 0.